The Bertz CT molecular complexity index is 949. The summed E-state index contributed by atoms with van der Waals surface area (Å²) >= 11 is 0. The van der Waals surface area contributed by atoms with Gasteiger partial charge in [-0.1, -0.05) is 59.9 Å². The van der Waals surface area contributed by atoms with Crippen molar-refractivity contribution >= 4 is 24.1 Å². The smallest absolute Gasteiger partial charge is 0.468 e. The van der Waals surface area contributed by atoms with Crippen molar-refractivity contribution in [2.24, 2.45) is 11.8 Å². The molecule has 0 aliphatic heterocycles. The number of hydrogen-bond donors (Lipinski definition) is 1. The molecule has 10 heteroatoms. The fourth-order valence-electron chi connectivity index (χ4n) is 4.01. The highest BCUT2D eigenvalue weighted by Gasteiger charge is 2.24. The summed E-state index contributed by atoms with van der Waals surface area (Å²) in [4.78, 5) is 49.5. The Morgan fingerprint density at radius 1 is 0.800 bits per heavy atom. The SMILES string of the molecule is CCCC(C)OC(=O)OCCN[C@@H](Cc1ccc(OC(=O)C(C)CCC)c(OC(=O)C(C)CCC)c1)C(=O)OC. The molecule has 0 fully saturated rings. The molecule has 0 bridgehead atoms. The lowest BCUT2D eigenvalue weighted by atomic mass is 10.0. The van der Waals surface area contributed by atoms with Gasteiger partial charge in [-0.15, -0.1) is 0 Å². The summed E-state index contributed by atoms with van der Waals surface area (Å²) in [6.07, 6.45) is 3.78. The van der Waals surface area contributed by atoms with Crippen LogP contribution in [0.1, 0.15) is 85.6 Å². The topological polar surface area (TPSA) is 126 Å². The van der Waals surface area contributed by atoms with Gasteiger partial charge < -0.3 is 29.0 Å². The second-order valence-corrected chi connectivity index (χ2v) is 10.1. The minimum atomic E-state index is -0.774. The lowest BCUT2D eigenvalue weighted by Crippen LogP contribution is -2.41. The Labute approximate surface area is 238 Å². The maximum Gasteiger partial charge on any atom is 0.508 e. The first-order valence-electron chi connectivity index (χ1n) is 14.3. The number of methoxy groups -OCH3 is 1. The fourth-order valence-corrected chi connectivity index (χ4v) is 4.01. The van der Waals surface area contributed by atoms with Crippen molar-refractivity contribution in [3.05, 3.63) is 23.8 Å². The summed E-state index contributed by atoms with van der Waals surface area (Å²) in [5.74, 6) is -1.76. The van der Waals surface area contributed by atoms with E-state index >= 15 is 0 Å². The summed E-state index contributed by atoms with van der Waals surface area (Å²) in [5, 5.41) is 3.02. The van der Waals surface area contributed by atoms with Gasteiger partial charge in [0.05, 0.1) is 18.9 Å². The highest BCUT2D eigenvalue weighted by Crippen LogP contribution is 2.31. The molecule has 0 heterocycles. The number of carbonyl (C=O) groups is 4. The quantitative estimate of drug-likeness (QED) is 0.141. The normalized spacial score (nSPS) is 13.9. The van der Waals surface area contributed by atoms with E-state index in [9.17, 15) is 19.2 Å². The summed E-state index contributed by atoms with van der Waals surface area (Å²) in [6.45, 7) is 11.5. The van der Waals surface area contributed by atoms with Crippen molar-refractivity contribution in [3.8, 4) is 11.5 Å². The lowest BCUT2D eigenvalue weighted by molar-refractivity contribution is -0.143. The summed E-state index contributed by atoms with van der Waals surface area (Å²) < 4.78 is 26.4. The van der Waals surface area contributed by atoms with Gasteiger partial charge >= 0.3 is 24.1 Å². The molecular formula is C30H47NO9. The van der Waals surface area contributed by atoms with E-state index in [2.05, 4.69) is 5.32 Å². The van der Waals surface area contributed by atoms with Crippen molar-refractivity contribution < 1.29 is 42.9 Å². The molecule has 0 radical (unpaired) electrons. The molecule has 0 saturated carbocycles. The third-order valence-electron chi connectivity index (χ3n) is 6.31. The van der Waals surface area contributed by atoms with Crippen LogP contribution in [-0.2, 0) is 35.0 Å². The molecular weight excluding hydrogens is 518 g/mol. The average molecular weight is 566 g/mol. The Kier molecular flexibility index (Phi) is 16.6. The van der Waals surface area contributed by atoms with E-state index in [0.717, 1.165) is 25.7 Å². The van der Waals surface area contributed by atoms with Crippen LogP contribution in [0.4, 0.5) is 4.79 Å². The fraction of sp³-hybridized carbons (Fsp3) is 0.667. The molecule has 1 N–H and O–H groups in total. The standard InChI is InChI=1S/C30H47NO9/c1-8-11-20(4)27(32)39-25-15-14-23(19-26(25)40-28(33)21(5)12-9-2)18-24(29(34)36-7)31-16-17-37-30(35)38-22(6)13-10-3/h14-15,19-22,24,31H,8-13,16-18H2,1-7H3/t20?,21?,22?,24-/m0/s1. The first-order valence-corrected chi connectivity index (χ1v) is 14.3. The van der Waals surface area contributed by atoms with Gasteiger partial charge in [-0.05, 0) is 50.3 Å². The third kappa shape index (κ3) is 12.8. The third-order valence-corrected chi connectivity index (χ3v) is 6.31. The van der Waals surface area contributed by atoms with E-state index in [0.29, 0.717) is 18.4 Å². The number of esters is 3. The van der Waals surface area contributed by atoms with Gasteiger partial charge in [-0.25, -0.2) is 4.79 Å². The molecule has 4 atom stereocenters. The monoisotopic (exact) mass is 565 g/mol. The van der Waals surface area contributed by atoms with Crippen LogP contribution in [0, 0.1) is 11.8 Å². The first kappa shape index (κ1) is 34.9. The van der Waals surface area contributed by atoms with Gasteiger partial charge in [-0.3, -0.25) is 14.4 Å². The van der Waals surface area contributed by atoms with Crippen LogP contribution in [0.3, 0.4) is 0 Å². The van der Waals surface area contributed by atoms with Crippen molar-refractivity contribution in [1.29, 1.82) is 0 Å². The molecule has 0 amide bonds. The average Bonchev–Trinajstić information content (AvgIpc) is 2.91. The Morgan fingerprint density at radius 2 is 1.38 bits per heavy atom. The molecule has 226 valence electrons. The number of hydrogen-bond acceptors (Lipinski definition) is 10. The Hall–Kier alpha value is -3.14. The molecule has 10 nitrogen and oxygen atoms in total. The minimum absolute atomic E-state index is 0.00577. The zero-order valence-corrected chi connectivity index (χ0v) is 25.1. The van der Waals surface area contributed by atoms with Crippen molar-refractivity contribution in [2.75, 3.05) is 20.3 Å². The van der Waals surface area contributed by atoms with Crippen LogP contribution in [0.25, 0.3) is 0 Å². The van der Waals surface area contributed by atoms with Crippen LogP contribution < -0.4 is 14.8 Å². The van der Waals surface area contributed by atoms with E-state index in [1.54, 1.807) is 39.0 Å². The molecule has 0 spiro atoms. The van der Waals surface area contributed by atoms with E-state index in [4.69, 9.17) is 23.7 Å². The van der Waals surface area contributed by atoms with E-state index < -0.39 is 30.1 Å². The lowest BCUT2D eigenvalue weighted by Gasteiger charge is -2.19. The maximum atomic E-state index is 12.7. The van der Waals surface area contributed by atoms with Gasteiger partial charge in [0.15, 0.2) is 11.5 Å². The number of carbonyl (C=O) groups excluding carboxylic acids is 4. The second-order valence-electron chi connectivity index (χ2n) is 10.1. The molecule has 1 aromatic rings. The van der Waals surface area contributed by atoms with Crippen LogP contribution in [0.15, 0.2) is 18.2 Å². The number of rotatable bonds is 18. The molecule has 0 aliphatic carbocycles. The maximum absolute atomic E-state index is 12.7. The highest BCUT2D eigenvalue weighted by atomic mass is 16.7. The largest absolute Gasteiger partial charge is 0.508 e. The Morgan fingerprint density at radius 3 is 1.93 bits per heavy atom. The highest BCUT2D eigenvalue weighted by molar-refractivity contribution is 5.79. The zero-order valence-electron chi connectivity index (χ0n) is 25.1. The van der Waals surface area contributed by atoms with Crippen molar-refractivity contribution in [2.45, 2.75) is 98.6 Å². The van der Waals surface area contributed by atoms with Crippen LogP contribution in [-0.4, -0.2) is 56.5 Å². The predicted molar refractivity (Wildman–Crippen MR) is 150 cm³/mol. The molecule has 0 aliphatic rings. The Balaban J connectivity index is 3.00. The number of nitrogens with one attached hydrogen (secondary N) is 1. The van der Waals surface area contributed by atoms with Gasteiger partial charge in [0.25, 0.3) is 0 Å². The van der Waals surface area contributed by atoms with Crippen molar-refractivity contribution in [3.63, 3.8) is 0 Å². The summed E-state index contributed by atoms with van der Waals surface area (Å²) in [6, 6.07) is 4.07. The molecule has 3 unspecified atom stereocenters. The molecule has 40 heavy (non-hydrogen) atoms. The van der Waals surface area contributed by atoms with Crippen LogP contribution >= 0.6 is 0 Å². The van der Waals surface area contributed by atoms with E-state index in [1.165, 1.54) is 7.11 Å². The van der Waals surface area contributed by atoms with Crippen LogP contribution in [0.5, 0.6) is 11.5 Å². The van der Waals surface area contributed by atoms with Gasteiger partial charge in [-0.2, -0.15) is 0 Å². The summed E-state index contributed by atoms with van der Waals surface area (Å²) in [5.41, 5.74) is 0.643. The molecule has 1 rings (SSSR count). The molecule has 0 saturated heterocycles. The minimum Gasteiger partial charge on any atom is -0.468 e. The molecule has 0 aromatic heterocycles. The van der Waals surface area contributed by atoms with Gasteiger partial charge in [0.1, 0.15) is 18.8 Å². The van der Waals surface area contributed by atoms with E-state index in [-0.39, 0.29) is 49.0 Å². The van der Waals surface area contributed by atoms with Crippen molar-refractivity contribution in [1.82, 2.24) is 5.32 Å². The van der Waals surface area contributed by atoms with Crippen LogP contribution in [0.2, 0.25) is 0 Å². The zero-order chi connectivity index (χ0) is 30.1. The second kappa shape index (κ2) is 19.0. The molecule has 1 aromatic carbocycles. The first-order chi connectivity index (χ1) is 19.1. The number of ether oxygens (including phenoxy) is 5. The van der Waals surface area contributed by atoms with E-state index in [1.807, 2.05) is 20.8 Å². The predicted octanol–water partition coefficient (Wildman–Crippen LogP) is 5.39. The summed E-state index contributed by atoms with van der Waals surface area (Å²) in [7, 11) is 1.28. The van der Waals surface area contributed by atoms with Gasteiger partial charge in [0.2, 0.25) is 0 Å². The van der Waals surface area contributed by atoms with Gasteiger partial charge in [0, 0.05) is 6.54 Å². The number of benzene rings is 1.